The van der Waals surface area contributed by atoms with Gasteiger partial charge in [-0.15, -0.1) is 35.3 Å². The molecule has 0 bridgehead atoms. The molecule has 0 spiro atoms. The lowest BCUT2D eigenvalue weighted by Crippen LogP contribution is -2.41. The van der Waals surface area contributed by atoms with Crippen LogP contribution in [0.15, 0.2) is 26.7 Å². The molecule has 1 unspecified atom stereocenters. The van der Waals surface area contributed by atoms with Crippen LogP contribution in [-0.2, 0) is 10.0 Å². The average Bonchev–Trinajstić information content (AvgIpc) is 3.12. The first-order valence-electron chi connectivity index (χ1n) is 8.69. The number of aliphatic hydroxyl groups excluding tert-OH is 1. The number of thiophene rings is 1. The van der Waals surface area contributed by atoms with Gasteiger partial charge in [0.2, 0.25) is 10.0 Å². The lowest BCUT2D eigenvalue weighted by atomic mass is 10.0. The third-order valence-corrected chi connectivity index (χ3v) is 6.41. The zero-order valence-electron chi connectivity index (χ0n) is 15.4. The molecule has 1 aromatic heterocycles. The number of nitrogens with zero attached hydrogens (tertiary/aromatic N) is 1. The topological polar surface area (TPSA) is 103 Å². The van der Waals surface area contributed by atoms with E-state index in [0.717, 1.165) is 25.8 Å². The Labute approximate surface area is 178 Å². The van der Waals surface area contributed by atoms with Crippen molar-refractivity contribution in [1.29, 1.82) is 0 Å². The van der Waals surface area contributed by atoms with Gasteiger partial charge < -0.3 is 15.7 Å². The average molecular weight is 518 g/mol. The minimum Gasteiger partial charge on any atom is -0.396 e. The maximum Gasteiger partial charge on any atom is 0.250 e. The number of hydrogen-bond acceptors (Lipinski definition) is 5. The predicted molar refractivity (Wildman–Crippen MR) is 119 cm³/mol. The molecule has 1 aromatic rings. The lowest BCUT2D eigenvalue weighted by molar-refractivity contribution is 0.253. The van der Waals surface area contributed by atoms with E-state index in [1.165, 1.54) is 11.3 Å². The van der Waals surface area contributed by atoms with Crippen LogP contribution in [0, 0.1) is 5.92 Å². The lowest BCUT2D eigenvalue weighted by Gasteiger charge is -2.15. The SMILES string of the molecule is CCCC(CCO)CN=C(NCC)NCCNS(=O)(=O)c1cccs1.I. The monoisotopic (exact) mass is 518 g/mol. The van der Waals surface area contributed by atoms with Crippen LogP contribution in [0.3, 0.4) is 0 Å². The molecule has 10 heteroatoms. The van der Waals surface area contributed by atoms with Crippen molar-refractivity contribution >= 4 is 51.3 Å². The molecule has 0 aliphatic heterocycles. The highest BCUT2D eigenvalue weighted by atomic mass is 127. The van der Waals surface area contributed by atoms with Gasteiger partial charge in [0.1, 0.15) is 4.21 Å². The van der Waals surface area contributed by atoms with E-state index in [1.54, 1.807) is 17.5 Å². The maximum atomic E-state index is 12.0. The minimum absolute atomic E-state index is 0. The number of rotatable bonds is 12. The highest BCUT2D eigenvalue weighted by Gasteiger charge is 2.14. The smallest absolute Gasteiger partial charge is 0.250 e. The van der Waals surface area contributed by atoms with Crippen LogP contribution in [0.4, 0.5) is 0 Å². The van der Waals surface area contributed by atoms with Gasteiger partial charge in [-0.05, 0) is 37.1 Å². The van der Waals surface area contributed by atoms with Gasteiger partial charge in [-0.25, -0.2) is 13.1 Å². The number of aliphatic hydroxyl groups is 1. The van der Waals surface area contributed by atoms with Gasteiger partial charge >= 0.3 is 0 Å². The third-order valence-electron chi connectivity index (χ3n) is 3.56. The molecule has 26 heavy (non-hydrogen) atoms. The number of sulfonamides is 1. The molecule has 0 fully saturated rings. The number of hydrogen-bond donors (Lipinski definition) is 4. The van der Waals surface area contributed by atoms with Crippen molar-refractivity contribution in [3.05, 3.63) is 17.5 Å². The Morgan fingerprint density at radius 1 is 1.27 bits per heavy atom. The highest BCUT2D eigenvalue weighted by Crippen LogP contribution is 2.14. The van der Waals surface area contributed by atoms with E-state index in [-0.39, 0.29) is 37.1 Å². The van der Waals surface area contributed by atoms with Crippen LogP contribution in [0.25, 0.3) is 0 Å². The van der Waals surface area contributed by atoms with Gasteiger partial charge in [-0.2, -0.15) is 0 Å². The zero-order valence-corrected chi connectivity index (χ0v) is 19.4. The molecule has 0 aliphatic carbocycles. The molecule has 4 N–H and O–H groups in total. The first kappa shape index (κ1) is 25.6. The normalized spacial score (nSPS) is 13.1. The second-order valence-corrected chi connectivity index (χ2v) is 8.58. The van der Waals surface area contributed by atoms with Gasteiger partial charge in [0.25, 0.3) is 0 Å². The summed E-state index contributed by atoms with van der Waals surface area (Å²) in [5, 5.41) is 17.1. The summed E-state index contributed by atoms with van der Waals surface area (Å²) in [5.74, 6) is 1.03. The fourth-order valence-electron chi connectivity index (χ4n) is 2.33. The fourth-order valence-corrected chi connectivity index (χ4v) is 4.40. The molecule has 0 radical (unpaired) electrons. The molecule has 0 amide bonds. The van der Waals surface area contributed by atoms with Crippen LogP contribution in [0.2, 0.25) is 0 Å². The molecule has 0 aromatic carbocycles. The molecule has 152 valence electrons. The Hall–Kier alpha value is -0.430. The zero-order chi connectivity index (χ0) is 18.5. The Morgan fingerprint density at radius 3 is 2.62 bits per heavy atom. The molecule has 1 rings (SSSR count). The Bertz CT molecular complexity index is 589. The number of guanidine groups is 1. The summed E-state index contributed by atoms with van der Waals surface area (Å²) in [6.07, 6.45) is 2.84. The van der Waals surface area contributed by atoms with Crippen molar-refractivity contribution in [2.45, 2.75) is 37.3 Å². The summed E-state index contributed by atoms with van der Waals surface area (Å²) in [4.78, 5) is 4.54. The Balaban J connectivity index is 0.00000625. The summed E-state index contributed by atoms with van der Waals surface area (Å²) in [7, 11) is -3.43. The second kappa shape index (κ2) is 14.6. The summed E-state index contributed by atoms with van der Waals surface area (Å²) in [6, 6.07) is 3.30. The van der Waals surface area contributed by atoms with E-state index in [4.69, 9.17) is 5.11 Å². The van der Waals surface area contributed by atoms with E-state index in [0.29, 0.717) is 29.2 Å². The molecular formula is C16H31IN4O3S2. The van der Waals surface area contributed by atoms with Crippen LogP contribution < -0.4 is 15.4 Å². The minimum atomic E-state index is -3.43. The first-order chi connectivity index (χ1) is 12.0. The number of halogens is 1. The van der Waals surface area contributed by atoms with Crippen LogP contribution in [-0.4, -0.2) is 52.3 Å². The van der Waals surface area contributed by atoms with E-state index >= 15 is 0 Å². The largest absolute Gasteiger partial charge is 0.396 e. The molecule has 1 atom stereocenters. The van der Waals surface area contributed by atoms with E-state index < -0.39 is 10.0 Å². The first-order valence-corrected chi connectivity index (χ1v) is 11.1. The van der Waals surface area contributed by atoms with Crippen LogP contribution in [0.1, 0.15) is 33.1 Å². The van der Waals surface area contributed by atoms with Crippen molar-refractivity contribution in [1.82, 2.24) is 15.4 Å². The number of aliphatic imine (C=N–C) groups is 1. The van der Waals surface area contributed by atoms with Crippen LogP contribution >= 0.6 is 35.3 Å². The molecule has 0 aliphatic rings. The van der Waals surface area contributed by atoms with E-state index in [9.17, 15) is 8.42 Å². The van der Waals surface area contributed by atoms with Gasteiger partial charge in [0.15, 0.2) is 5.96 Å². The van der Waals surface area contributed by atoms with Crippen molar-refractivity contribution in [2.75, 3.05) is 32.8 Å². The Kier molecular flexibility index (Phi) is 14.4. The van der Waals surface area contributed by atoms with E-state index in [1.807, 2.05) is 6.92 Å². The predicted octanol–water partition coefficient (Wildman–Crippen LogP) is 2.00. The molecule has 7 nitrogen and oxygen atoms in total. The second-order valence-electron chi connectivity index (χ2n) is 5.64. The van der Waals surface area contributed by atoms with Crippen molar-refractivity contribution in [3.8, 4) is 0 Å². The summed E-state index contributed by atoms with van der Waals surface area (Å²) >= 11 is 1.20. The fraction of sp³-hybridized carbons (Fsp3) is 0.688. The molecule has 1 heterocycles. The van der Waals surface area contributed by atoms with Crippen molar-refractivity contribution in [2.24, 2.45) is 10.9 Å². The highest BCUT2D eigenvalue weighted by molar-refractivity contribution is 14.0. The van der Waals surface area contributed by atoms with Gasteiger partial charge in [0.05, 0.1) is 0 Å². The maximum absolute atomic E-state index is 12.0. The molecule has 0 saturated heterocycles. The summed E-state index contributed by atoms with van der Waals surface area (Å²) < 4.78 is 26.9. The third kappa shape index (κ3) is 10.0. The summed E-state index contributed by atoms with van der Waals surface area (Å²) in [5.41, 5.74) is 0. The summed E-state index contributed by atoms with van der Waals surface area (Å²) in [6.45, 7) is 6.37. The van der Waals surface area contributed by atoms with Crippen LogP contribution in [0.5, 0.6) is 0 Å². The molecular weight excluding hydrogens is 487 g/mol. The van der Waals surface area contributed by atoms with E-state index in [2.05, 4.69) is 27.3 Å². The van der Waals surface area contributed by atoms with Crippen molar-refractivity contribution in [3.63, 3.8) is 0 Å². The number of nitrogens with one attached hydrogen (secondary N) is 3. The van der Waals surface area contributed by atoms with Crippen molar-refractivity contribution < 1.29 is 13.5 Å². The van der Waals surface area contributed by atoms with Gasteiger partial charge in [-0.3, -0.25) is 4.99 Å². The van der Waals surface area contributed by atoms with Gasteiger partial charge in [-0.1, -0.05) is 19.4 Å². The molecule has 0 saturated carbocycles. The Morgan fingerprint density at radius 2 is 2.04 bits per heavy atom. The quantitative estimate of drug-likeness (QED) is 0.147. The van der Waals surface area contributed by atoms with Gasteiger partial charge in [0, 0.05) is 32.8 Å². The standard InChI is InChI=1S/C16H30N4O3S2.HI/c1-3-6-14(8-11-21)13-19-16(17-4-2)18-9-10-20-25(22,23)15-7-5-12-24-15;/h5,7,12,14,20-21H,3-4,6,8-11,13H2,1-2H3,(H2,17,18,19);1H.